The number of carbonyl (C=O) groups excluding carboxylic acids is 1. The number of aryl methyl sites for hydroxylation is 1. The van der Waals surface area contributed by atoms with Crippen molar-refractivity contribution in [2.75, 3.05) is 13.6 Å². The van der Waals surface area contributed by atoms with Crippen LogP contribution in [0.1, 0.15) is 11.3 Å². The van der Waals surface area contributed by atoms with Crippen LogP contribution >= 0.6 is 0 Å². The zero-order valence-corrected chi connectivity index (χ0v) is 11.8. The first-order valence-corrected chi connectivity index (χ1v) is 6.51. The first kappa shape index (κ1) is 14.0. The summed E-state index contributed by atoms with van der Waals surface area (Å²) in [4.78, 5) is 17.8. The van der Waals surface area contributed by atoms with Crippen molar-refractivity contribution in [2.24, 2.45) is 7.05 Å². The van der Waals surface area contributed by atoms with Crippen LogP contribution in [0.5, 0.6) is 0 Å². The van der Waals surface area contributed by atoms with E-state index in [1.165, 1.54) is 0 Å². The topological polar surface area (TPSA) is 63.1 Å². The predicted octanol–water partition coefficient (Wildman–Crippen LogP) is 1.20. The predicted molar refractivity (Wildman–Crippen MR) is 76.0 cm³/mol. The highest BCUT2D eigenvalue weighted by Gasteiger charge is 2.09. The number of carbonyl (C=O) groups is 1. The number of rotatable bonds is 5. The second kappa shape index (κ2) is 6.70. The lowest BCUT2D eigenvalue weighted by Crippen LogP contribution is -2.37. The van der Waals surface area contributed by atoms with Gasteiger partial charge < -0.3 is 10.2 Å². The summed E-state index contributed by atoms with van der Waals surface area (Å²) in [7, 11) is 3.62. The molecular formula is C14H19N5O. The summed E-state index contributed by atoms with van der Waals surface area (Å²) in [6.07, 6.45) is 6.15. The lowest BCUT2D eigenvalue weighted by molar-refractivity contribution is 0.207. The minimum Gasteiger partial charge on any atom is -0.338 e. The molecule has 6 nitrogen and oxygen atoms in total. The van der Waals surface area contributed by atoms with Gasteiger partial charge in [0.25, 0.3) is 0 Å². The molecule has 0 spiro atoms. The van der Waals surface area contributed by atoms with Crippen molar-refractivity contribution in [1.29, 1.82) is 0 Å². The fraction of sp³-hybridized carbons (Fsp3) is 0.357. The Morgan fingerprint density at radius 1 is 1.45 bits per heavy atom. The van der Waals surface area contributed by atoms with E-state index in [1.54, 1.807) is 29.0 Å². The molecule has 0 fully saturated rings. The molecule has 0 saturated heterocycles. The van der Waals surface area contributed by atoms with Gasteiger partial charge >= 0.3 is 6.03 Å². The Balaban J connectivity index is 1.74. The van der Waals surface area contributed by atoms with Crippen molar-refractivity contribution in [2.45, 2.75) is 13.0 Å². The SMILES string of the molecule is CN(Cc1cnn(C)c1)C(=O)NCCc1ccccn1. The molecule has 0 unspecified atom stereocenters. The lowest BCUT2D eigenvalue weighted by atomic mass is 10.3. The Bertz CT molecular complexity index is 552. The molecule has 2 heterocycles. The third kappa shape index (κ3) is 4.08. The van der Waals surface area contributed by atoms with Crippen LogP contribution in [-0.4, -0.2) is 39.3 Å². The Labute approximate surface area is 118 Å². The van der Waals surface area contributed by atoms with E-state index in [-0.39, 0.29) is 6.03 Å². The maximum absolute atomic E-state index is 11.9. The number of nitrogens with zero attached hydrogens (tertiary/aromatic N) is 4. The fourth-order valence-electron chi connectivity index (χ4n) is 1.88. The average Bonchev–Trinajstić information content (AvgIpc) is 2.85. The van der Waals surface area contributed by atoms with Gasteiger partial charge in [-0.25, -0.2) is 4.79 Å². The summed E-state index contributed by atoms with van der Waals surface area (Å²) in [5.74, 6) is 0. The van der Waals surface area contributed by atoms with E-state index in [0.717, 1.165) is 17.7 Å². The molecule has 106 valence electrons. The highest BCUT2D eigenvalue weighted by Crippen LogP contribution is 2.01. The molecular weight excluding hydrogens is 254 g/mol. The molecule has 0 radical (unpaired) electrons. The van der Waals surface area contributed by atoms with Gasteiger partial charge in [0.2, 0.25) is 0 Å². The van der Waals surface area contributed by atoms with Gasteiger partial charge in [0.1, 0.15) is 0 Å². The van der Waals surface area contributed by atoms with E-state index in [9.17, 15) is 4.79 Å². The quantitative estimate of drug-likeness (QED) is 0.890. The summed E-state index contributed by atoms with van der Waals surface area (Å²) in [6, 6.07) is 5.68. The molecule has 1 N–H and O–H groups in total. The van der Waals surface area contributed by atoms with Crippen LogP contribution in [0.3, 0.4) is 0 Å². The second-order valence-electron chi connectivity index (χ2n) is 4.68. The van der Waals surface area contributed by atoms with Crippen LogP contribution in [0.4, 0.5) is 4.79 Å². The molecule has 6 heteroatoms. The van der Waals surface area contributed by atoms with E-state index in [4.69, 9.17) is 0 Å². The fourth-order valence-corrected chi connectivity index (χ4v) is 1.88. The number of urea groups is 1. The maximum Gasteiger partial charge on any atom is 0.317 e. The highest BCUT2D eigenvalue weighted by atomic mass is 16.2. The van der Waals surface area contributed by atoms with E-state index in [1.807, 2.05) is 31.4 Å². The van der Waals surface area contributed by atoms with Gasteiger partial charge in [-0.3, -0.25) is 9.67 Å². The van der Waals surface area contributed by atoms with Crippen molar-refractivity contribution in [3.05, 3.63) is 48.0 Å². The standard InChI is InChI=1S/C14H19N5O/c1-18(10-12-9-17-19(2)11-12)14(20)16-8-6-13-5-3-4-7-15-13/h3-5,7,9,11H,6,8,10H2,1-2H3,(H,16,20). The minimum absolute atomic E-state index is 0.0928. The Morgan fingerprint density at radius 3 is 2.95 bits per heavy atom. The highest BCUT2D eigenvalue weighted by molar-refractivity contribution is 5.73. The molecule has 0 aliphatic heterocycles. The molecule has 0 saturated carbocycles. The molecule has 20 heavy (non-hydrogen) atoms. The maximum atomic E-state index is 11.9. The van der Waals surface area contributed by atoms with Gasteiger partial charge in [0.15, 0.2) is 0 Å². The summed E-state index contributed by atoms with van der Waals surface area (Å²) in [5.41, 5.74) is 1.98. The average molecular weight is 273 g/mol. The zero-order valence-electron chi connectivity index (χ0n) is 11.8. The second-order valence-corrected chi connectivity index (χ2v) is 4.68. The van der Waals surface area contributed by atoms with Gasteiger partial charge in [0.05, 0.1) is 12.7 Å². The molecule has 0 aromatic carbocycles. The molecule has 2 amide bonds. The Morgan fingerprint density at radius 2 is 2.30 bits per heavy atom. The minimum atomic E-state index is -0.0928. The first-order chi connectivity index (χ1) is 9.65. The van der Waals surface area contributed by atoms with Crippen LogP contribution < -0.4 is 5.32 Å². The Hall–Kier alpha value is -2.37. The summed E-state index contributed by atoms with van der Waals surface area (Å²) in [5, 5.41) is 6.96. The van der Waals surface area contributed by atoms with Crippen LogP contribution in [0, 0.1) is 0 Å². The number of hydrogen-bond acceptors (Lipinski definition) is 3. The number of hydrogen-bond donors (Lipinski definition) is 1. The Kier molecular flexibility index (Phi) is 4.70. The van der Waals surface area contributed by atoms with Crippen LogP contribution in [0.15, 0.2) is 36.8 Å². The third-order valence-electron chi connectivity index (χ3n) is 2.91. The molecule has 0 atom stereocenters. The van der Waals surface area contributed by atoms with E-state index in [2.05, 4.69) is 15.4 Å². The van der Waals surface area contributed by atoms with Gasteiger partial charge in [0, 0.05) is 50.7 Å². The van der Waals surface area contributed by atoms with Crippen LogP contribution in [0.25, 0.3) is 0 Å². The molecule has 2 aromatic rings. The number of aromatic nitrogens is 3. The summed E-state index contributed by atoms with van der Waals surface area (Å²) in [6.45, 7) is 1.12. The molecule has 0 aliphatic carbocycles. The zero-order chi connectivity index (χ0) is 14.4. The monoisotopic (exact) mass is 273 g/mol. The number of amides is 2. The van der Waals surface area contributed by atoms with Gasteiger partial charge in [-0.2, -0.15) is 5.10 Å². The van der Waals surface area contributed by atoms with E-state index >= 15 is 0 Å². The van der Waals surface area contributed by atoms with Crippen LogP contribution in [0.2, 0.25) is 0 Å². The molecule has 2 aromatic heterocycles. The van der Waals surface area contributed by atoms with Gasteiger partial charge in [-0.15, -0.1) is 0 Å². The van der Waals surface area contributed by atoms with E-state index in [0.29, 0.717) is 13.1 Å². The van der Waals surface area contributed by atoms with Crippen molar-refractivity contribution < 1.29 is 4.79 Å². The first-order valence-electron chi connectivity index (χ1n) is 6.51. The number of nitrogens with one attached hydrogen (secondary N) is 1. The van der Waals surface area contributed by atoms with Gasteiger partial charge in [-0.05, 0) is 12.1 Å². The van der Waals surface area contributed by atoms with Crippen molar-refractivity contribution in [1.82, 2.24) is 25.0 Å². The van der Waals surface area contributed by atoms with Crippen molar-refractivity contribution >= 4 is 6.03 Å². The lowest BCUT2D eigenvalue weighted by Gasteiger charge is -2.17. The normalized spacial score (nSPS) is 10.3. The molecule has 2 rings (SSSR count). The van der Waals surface area contributed by atoms with Crippen molar-refractivity contribution in [3.8, 4) is 0 Å². The molecule has 0 aliphatic rings. The summed E-state index contributed by atoms with van der Waals surface area (Å²) >= 11 is 0. The largest absolute Gasteiger partial charge is 0.338 e. The van der Waals surface area contributed by atoms with Gasteiger partial charge in [-0.1, -0.05) is 6.07 Å². The summed E-state index contributed by atoms with van der Waals surface area (Å²) < 4.78 is 1.72. The third-order valence-corrected chi connectivity index (χ3v) is 2.91. The van der Waals surface area contributed by atoms with Crippen molar-refractivity contribution in [3.63, 3.8) is 0 Å². The molecule has 0 bridgehead atoms. The number of pyridine rings is 1. The van der Waals surface area contributed by atoms with Crippen LogP contribution in [-0.2, 0) is 20.0 Å². The van der Waals surface area contributed by atoms with E-state index < -0.39 is 0 Å². The smallest absolute Gasteiger partial charge is 0.317 e.